The van der Waals surface area contributed by atoms with Gasteiger partial charge in [0.15, 0.2) is 0 Å². The zero-order chi connectivity index (χ0) is 17.5. The van der Waals surface area contributed by atoms with Gasteiger partial charge >= 0.3 is 0 Å². The highest BCUT2D eigenvalue weighted by molar-refractivity contribution is 5.76. The van der Waals surface area contributed by atoms with Gasteiger partial charge < -0.3 is 19.3 Å². The highest BCUT2D eigenvalue weighted by atomic mass is 16.5. The molecule has 132 valence electrons. The third kappa shape index (κ3) is 4.59. The minimum atomic E-state index is 0.113. The Morgan fingerprint density at radius 1 is 1.12 bits per heavy atom. The maximum absolute atomic E-state index is 12.3. The van der Waals surface area contributed by atoms with E-state index in [0.29, 0.717) is 51.0 Å². The molecule has 1 amide bonds. The van der Waals surface area contributed by atoms with Crippen molar-refractivity contribution in [3.05, 3.63) is 42.6 Å². The summed E-state index contributed by atoms with van der Waals surface area (Å²) in [6.45, 7) is 3.12. The highest BCUT2D eigenvalue weighted by Gasteiger charge is 2.22. The minimum absolute atomic E-state index is 0.113. The van der Waals surface area contributed by atoms with Crippen LogP contribution in [0.25, 0.3) is 0 Å². The van der Waals surface area contributed by atoms with Gasteiger partial charge in [-0.25, -0.2) is 4.98 Å². The lowest BCUT2D eigenvalue weighted by Gasteiger charge is -2.34. The van der Waals surface area contributed by atoms with Gasteiger partial charge in [0.05, 0.1) is 20.1 Å². The standard InChI is InChI=1S/C18H22N4O3/c1-24-16-7-9-19-18(20-16)22-12-10-21(11-13-22)17(23)8-14-25-15-5-3-2-4-6-15/h2-7,9H,8,10-14H2,1H3. The molecule has 0 saturated carbocycles. The fourth-order valence-electron chi connectivity index (χ4n) is 2.69. The van der Waals surface area contributed by atoms with Gasteiger partial charge in [-0.05, 0) is 12.1 Å². The van der Waals surface area contributed by atoms with Gasteiger partial charge in [0, 0.05) is 38.4 Å². The van der Waals surface area contributed by atoms with Crippen molar-refractivity contribution in [1.82, 2.24) is 14.9 Å². The van der Waals surface area contributed by atoms with Gasteiger partial charge in [0.2, 0.25) is 17.7 Å². The molecule has 1 aromatic heterocycles. The van der Waals surface area contributed by atoms with E-state index in [-0.39, 0.29) is 5.91 Å². The SMILES string of the molecule is COc1ccnc(N2CCN(C(=O)CCOc3ccccc3)CC2)n1. The number of carbonyl (C=O) groups is 1. The van der Waals surface area contributed by atoms with Crippen LogP contribution in [-0.2, 0) is 4.79 Å². The van der Waals surface area contributed by atoms with E-state index in [1.807, 2.05) is 35.2 Å². The summed E-state index contributed by atoms with van der Waals surface area (Å²) in [6, 6.07) is 11.3. The van der Waals surface area contributed by atoms with Crippen LogP contribution in [0.2, 0.25) is 0 Å². The fraction of sp³-hybridized carbons (Fsp3) is 0.389. The van der Waals surface area contributed by atoms with Crippen LogP contribution >= 0.6 is 0 Å². The maximum Gasteiger partial charge on any atom is 0.228 e. The van der Waals surface area contributed by atoms with E-state index < -0.39 is 0 Å². The number of aromatic nitrogens is 2. The van der Waals surface area contributed by atoms with Crippen molar-refractivity contribution in [3.8, 4) is 11.6 Å². The lowest BCUT2D eigenvalue weighted by molar-refractivity contribution is -0.132. The average molecular weight is 342 g/mol. The van der Waals surface area contributed by atoms with Crippen molar-refractivity contribution in [2.75, 3.05) is 44.8 Å². The van der Waals surface area contributed by atoms with Crippen molar-refractivity contribution in [3.63, 3.8) is 0 Å². The number of ether oxygens (including phenoxy) is 2. The topological polar surface area (TPSA) is 67.8 Å². The molecule has 0 spiro atoms. The molecule has 2 aromatic rings. The summed E-state index contributed by atoms with van der Waals surface area (Å²) in [5.74, 6) is 2.08. The lowest BCUT2D eigenvalue weighted by atomic mass is 10.3. The second-order valence-electron chi connectivity index (χ2n) is 5.68. The predicted octanol–water partition coefficient (Wildman–Crippen LogP) is 1.60. The molecule has 0 N–H and O–H groups in total. The molecule has 3 rings (SSSR count). The van der Waals surface area contributed by atoms with Crippen molar-refractivity contribution < 1.29 is 14.3 Å². The van der Waals surface area contributed by atoms with Crippen molar-refractivity contribution in [2.24, 2.45) is 0 Å². The van der Waals surface area contributed by atoms with Crippen LogP contribution in [0.5, 0.6) is 11.6 Å². The molecule has 7 nitrogen and oxygen atoms in total. The molecule has 1 aliphatic rings. The van der Waals surface area contributed by atoms with Gasteiger partial charge in [0.25, 0.3) is 0 Å². The zero-order valence-corrected chi connectivity index (χ0v) is 14.3. The molecule has 0 atom stereocenters. The largest absolute Gasteiger partial charge is 0.493 e. The molecular weight excluding hydrogens is 320 g/mol. The van der Waals surface area contributed by atoms with E-state index in [1.165, 1.54) is 0 Å². The Hall–Kier alpha value is -2.83. The van der Waals surface area contributed by atoms with Gasteiger partial charge in [0.1, 0.15) is 5.75 Å². The second-order valence-corrected chi connectivity index (χ2v) is 5.68. The smallest absolute Gasteiger partial charge is 0.228 e. The number of piperazine rings is 1. The molecule has 7 heteroatoms. The average Bonchev–Trinajstić information content (AvgIpc) is 2.69. The molecular formula is C18H22N4O3. The second kappa shape index (κ2) is 8.32. The number of methoxy groups -OCH3 is 1. The van der Waals surface area contributed by atoms with E-state index >= 15 is 0 Å². The van der Waals surface area contributed by atoms with E-state index in [4.69, 9.17) is 9.47 Å². The van der Waals surface area contributed by atoms with E-state index in [9.17, 15) is 4.79 Å². The third-order valence-corrected chi connectivity index (χ3v) is 4.07. The van der Waals surface area contributed by atoms with Crippen LogP contribution in [0, 0.1) is 0 Å². The Bertz CT molecular complexity index is 688. The Morgan fingerprint density at radius 3 is 2.60 bits per heavy atom. The molecule has 25 heavy (non-hydrogen) atoms. The third-order valence-electron chi connectivity index (χ3n) is 4.07. The number of rotatable bonds is 6. The minimum Gasteiger partial charge on any atom is -0.493 e. The quantitative estimate of drug-likeness (QED) is 0.794. The van der Waals surface area contributed by atoms with Gasteiger partial charge in [-0.2, -0.15) is 4.98 Å². The Kier molecular flexibility index (Phi) is 5.66. The number of anilines is 1. The molecule has 0 bridgehead atoms. The molecule has 2 heterocycles. The summed E-state index contributed by atoms with van der Waals surface area (Å²) in [5, 5.41) is 0. The van der Waals surface area contributed by atoms with Gasteiger partial charge in [-0.1, -0.05) is 18.2 Å². The fourth-order valence-corrected chi connectivity index (χ4v) is 2.69. The summed E-state index contributed by atoms with van der Waals surface area (Å²) >= 11 is 0. The van der Waals surface area contributed by atoms with Crippen LogP contribution in [-0.4, -0.2) is 60.7 Å². The van der Waals surface area contributed by atoms with E-state index in [2.05, 4.69) is 14.9 Å². The summed E-state index contributed by atoms with van der Waals surface area (Å²) < 4.78 is 10.7. The Morgan fingerprint density at radius 2 is 1.88 bits per heavy atom. The van der Waals surface area contributed by atoms with Crippen LogP contribution in [0.15, 0.2) is 42.6 Å². The molecule has 0 radical (unpaired) electrons. The summed E-state index contributed by atoms with van der Waals surface area (Å²) in [5.41, 5.74) is 0. The van der Waals surface area contributed by atoms with Crippen molar-refractivity contribution in [1.29, 1.82) is 0 Å². The molecule has 1 saturated heterocycles. The Labute approximate surface area is 147 Å². The van der Waals surface area contributed by atoms with Crippen LogP contribution in [0.4, 0.5) is 5.95 Å². The Balaban J connectivity index is 1.44. The highest BCUT2D eigenvalue weighted by Crippen LogP contribution is 2.15. The number of amides is 1. The lowest BCUT2D eigenvalue weighted by Crippen LogP contribution is -2.49. The van der Waals surface area contributed by atoms with Crippen molar-refractivity contribution >= 4 is 11.9 Å². The zero-order valence-electron chi connectivity index (χ0n) is 14.3. The summed E-state index contributed by atoms with van der Waals surface area (Å²) in [6.07, 6.45) is 2.06. The molecule has 1 aliphatic heterocycles. The van der Waals surface area contributed by atoms with E-state index in [1.54, 1.807) is 19.4 Å². The number of hydrogen-bond acceptors (Lipinski definition) is 6. The molecule has 1 aromatic carbocycles. The van der Waals surface area contributed by atoms with E-state index in [0.717, 1.165) is 5.75 Å². The van der Waals surface area contributed by atoms with Crippen LogP contribution < -0.4 is 14.4 Å². The van der Waals surface area contributed by atoms with Crippen LogP contribution in [0.1, 0.15) is 6.42 Å². The van der Waals surface area contributed by atoms with Crippen molar-refractivity contribution in [2.45, 2.75) is 6.42 Å². The first-order chi connectivity index (χ1) is 12.3. The van der Waals surface area contributed by atoms with Gasteiger partial charge in [-0.3, -0.25) is 4.79 Å². The monoisotopic (exact) mass is 342 g/mol. The number of hydrogen-bond donors (Lipinski definition) is 0. The number of para-hydroxylation sites is 1. The first-order valence-corrected chi connectivity index (χ1v) is 8.34. The summed E-state index contributed by atoms with van der Waals surface area (Å²) in [4.78, 5) is 24.8. The normalized spacial score (nSPS) is 14.3. The first-order valence-electron chi connectivity index (χ1n) is 8.34. The van der Waals surface area contributed by atoms with Gasteiger partial charge in [-0.15, -0.1) is 0 Å². The number of benzene rings is 1. The maximum atomic E-state index is 12.3. The van der Waals surface area contributed by atoms with Crippen LogP contribution in [0.3, 0.4) is 0 Å². The first kappa shape index (κ1) is 17.0. The summed E-state index contributed by atoms with van der Waals surface area (Å²) in [7, 11) is 1.58. The predicted molar refractivity (Wildman–Crippen MR) is 93.9 cm³/mol. The molecule has 0 aliphatic carbocycles. The number of nitrogens with zero attached hydrogens (tertiary/aromatic N) is 4. The molecule has 1 fully saturated rings. The molecule has 0 unspecified atom stereocenters. The number of carbonyl (C=O) groups excluding carboxylic acids is 1.